The fraction of sp³-hybridized carbons (Fsp3) is 0.368. The molecule has 184 valence electrons. The van der Waals surface area contributed by atoms with Crippen LogP contribution in [0.15, 0.2) is 23.1 Å². The Morgan fingerprint density at radius 1 is 1.21 bits per heavy atom. The molecule has 3 rings (SSSR count). The number of rotatable bonds is 11. The largest absolute Gasteiger partial charge is 0.480 e. The molecule has 8 N–H and O–H groups in total. The van der Waals surface area contributed by atoms with E-state index in [4.69, 9.17) is 11.5 Å². The molecule has 15 heteroatoms. The zero-order valence-corrected chi connectivity index (χ0v) is 20.8. The second-order valence-corrected chi connectivity index (χ2v) is 10.9. The van der Waals surface area contributed by atoms with Crippen molar-refractivity contribution in [3.8, 4) is 0 Å². The predicted molar refractivity (Wildman–Crippen MR) is 130 cm³/mol. The van der Waals surface area contributed by atoms with Crippen molar-refractivity contribution < 1.29 is 23.1 Å². The Morgan fingerprint density at radius 3 is 2.62 bits per heavy atom. The van der Waals surface area contributed by atoms with Crippen LogP contribution in [0.1, 0.15) is 33.6 Å². The number of benzene rings is 1. The Kier molecular flexibility index (Phi) is 8.17. The number of carboxylic acids is 1. The highest BCUT2D eigenvalue weighted by Crippen LogP contribution is 2.35. The fourth-order valence-electron chi connectivity index (χ4n) is 3.21. The predicted octanol–water partition coefficient (Wildman–Crippen LogP) is 0.924. The summed E-state index contributed by atoms with van der Waals surface area (Å²) in [6.45, 7) is 3.79. The van der Waals surface area contributed by atoms with E-state index in [1.165, 1.54) is 6.07 Å². The van der Waals surface area contributed by atoms with E-state index < -0.39 is 34.2 Å². The summed E-state index contributed by atoms with van der Waals surface area (Å²) in [6.07, 6.45) is -0.201. The van der Waals surface area contributed by atoms with Gasteiger partial charge in [-0.1, -0.05) is 6.07 Å². The average molecular weight is 528 g/mol. The maximum absolute atomic E-state index is 13.1. The molecule has 2 heterocycles. The second kappa shape index (κ2) is 10.7. The zero-order chi connectivity index (χ0) is 25.0. The van der Waals surface area contributed by atoms with Gasteiger partial charge in [-0.2, -0.15) is 8.75 Å². The summed E-state index contributed by atoms with van der Waals surface area (Å²) in [5.41, 5.74) is 12.1. The monoisotopic (exact) mass is 527 g/mol. The molecule has 3 aromatic rings. The number of hydrogen-bond acceptors (Lipinski definition) is 11. The smallest absolute Gasteiger partial charge is 0.326 e. The number of carbonyl (C=O) groups excluding carboxylic acids is 1. The number of anilines is 1. The van der Waals surface area contributed by atoms with Crippen LogP contribution in [0.2, 0.25) is 0 Å². The molecular weight excluding hydrogens is 502 g/mol. The van der Waals surface area contributed by atoms with Crippen molar-refractivity contribution in [2.24, 2.45) is 11.5 Å². The maximum atomic E-state index is 13.1. The molecule has 0 aliphatic heterocycles. The summed E-state index contributed by atoms with van der Waals surface area (Å²) in [4.78, 5) is 25.4. The molecule has 0 spiro atoms. The van der Waals surface area contributed by atoms with Crippen LogP contribution in [0.4, 0.5) is 5.00 Å². The molecule has 1 amide bonds. The first-order valence-electron chi connectivity index (χ1n) is 10.1. The Morgan fingerprint density at radius 2 is 1.94 bits per heavy atom. The summed E-state index contributed by atoms with van der Waals surface area (Å²) in [5, 5.41) is 14.9. The van der Waals surface area contributed by atoms with E-state index in [9.17, 15) is 23.1 Å². The SMILES string of the molecule is Cc1sc(NS(=O)(=O)c2cccc3nsnc23)c(C(=O)N[C@@H](CCCNC(N)N)C(=O)O)c1C. The molecule has 1 atom stereocenters. The number of aryl methyl sites for hydroxylation is 1. The molecule has 0 bridgehead atoms. The molecule has 0 saturated heterocycles. The van der Waals surface area contributed by atoms with Crippen LogP contribution >= 0.6 is 23.1 Å². The number of nitrogens with two attached hydrogens (primary N) is 2. The van der Waals surface area contributed by atoms with Crippen molar-refractivity contribution in [3.05, 3.63) is 34.2 Å². The number of fused-ring (bicyclic) bond motifs is 1. The minimum atomic E-state index is -4.10. The van der Waals surface area contributed by atoms with Crippen LogP contribution < -0.4 is 26.8 Å². The van der Waals surface area contributed by atoms with Gasteiger partial charge in [0.2, 0.25) is 0 Å². The lowest BCUT2D eigenvalue weighted by molar-refractivity contribution is -0.139. The van der Waals surface area contributed by atoms with Crippen molar-refractivity contribution in [3.63, 3.8) is 0 Å². The number of hydrogen-bond donors (Lipinski definition) is 6. The Hall–Kier alpha value is -2.69. The summed E-state index contributed by atoms with van der Waals surface area (Å²) < 4.78 is 36.9. The van der Waals surface area contributed by atoms with Crippen LogP contribution in [-0.4, -0.2) is 53.0 Å². The van der Waals surface area contributed by atoms with Crippen molar-refractivity contribution in [2.75, 3.05) is 11.3 Å². The van der Waals surface area contributed by atoms with E-state index >= 15 is 0 Å². The molecule has 12 nitrogen and oxygen atoms in total. The lowest BCUT2D eigenvalue weighted by atomic mass is 10.1. The van der Waals surface area contributed by atoms with Gasteiger partial charge in [0.05, 0.1) is 17.3 Å². The van der Waals surface area contributed by atoms with Crippen LogP contribution in [0.3, 0.4) is 0 Å². The second-order valence-electron chi connectivity index (χ2n) is 7.47. The Balaban J connectivity index is 1.84. The average Bonchev–Trinajstić information content (AvgIpc) is 3.33. The third-order valence-corrected chi connectivity index (χ3v) is 8.21. The topological polar surface area (TPSA) is 202 Å². The van der Waals surface area contributed by atoms with Crippen LogP contribution in [0, 0.1) is 13.8 Å². The van der Waals surface area contributed by atoms with E-state index in [0.717, 1.165) is 23.1 Å². The lowest BCUT2D eigenvalue weighted by Gasteiger charge is -2.16. The molecule has 0 radical (unpaired) electrons. The van der Waals surface area contributed by atoms with E-state index in [2.05, 4.69) is 24.1 Å². The molecule has 0 aliphatic carbocycles. The van der Waals surface area contributed by atoms with Gasteiger partial charge < -0.3 is 21.9 Å². The molecule has 34 heavy (non-hydrogen) atoms. The van der Waals surface area contributed by atoms with Crippen LogP contribution in [-0.2, 0) is 14.8 Å². The van der Waals surface area contributed by atoms with Crippen LogP contribution in [0.5, 0.6) is 0 Å². The number of aromatic nitrogens is 2. The lowest BCUT2D eigenvalue weighted by Crippen LogP contribution is -2.46. The summed E-state index contributed by atoms with van der Waals surface area (Å²) in [7, 11) is -4.10. The van der Waals surface area contributed by atoms with Gasteiger partial charge in [0.15, 0.2) is 0 Å². The van der Waals surface area contributed by atoms with Crippen molar-refractivity contribution >= 4 is 61.0 Å². The first-order chi connectivity index (χ1) is 16.0. The zero-order valence-electron chi connectivity index (χ0n) is 18.4. The van der Waals surface area contributed by atoms with Gasteiger partial charge in [0, 0.05) is 4.88 Å². The highest BCUT2D eigenvalue weighted by atomic mass is 32.2. The molecular formula is C19H25N7O5S3. The number of amides is 1. The third-order valence-electron chi connectivity index (χ3n) is 5.03. The van der Waals surface area contributed by atoms with Gasteiger partial charge in [-0.15, -0.1) is 11.3 Å². The summed E-state index contributed by atoms with van der Waals surface area (Å²) in [6, 6.07) is 3.43. The number of carbonyl (C=O) groups is 2. The first kappa shape index (κ1) is 25.9. The molecule has 0 aliphatic rings. The van der Waals surface area contributed by atoms with Gasteiger partial charge in [-0.05, 0) is 50.9 Å². The fourth-order valence-corrected chi connectivity index (χ4v) is 6.34. The standard InChI is InChI=1S/C19H25N7O5S3/c1-9-10(2)32-17(26-34(30,31)13-7-3-5-11-15(13)25-33-24-11)14(9)16(27)23-12(18(28)29)6-4-8-22-19(20)21/h3,5,7,12,19,22,26H,4,6,8,20-21H2,1-2H3,(H,23,27)(H,28,29)/t12-/m0/s1. The Bertz CT molecular complexity index is 1300. The highest BCUT2D eigenvalue weighted by Gasteiger charge is 2.28. The third kappa shape index (κ3) is 5.86. The van der Waals surface area contributed by atoms with Crippen LogP contribution in [0.25, 0.3) is 11.0 Å². The molecule has 2 aromatic heterocycles. The van der Waals surface area contributed by atoms with E-state index in [1.807, 2.05) is 0 Å². The quantitative estimate of drug-likeness (QED) is 0.154. The van der Waals surface area contributed by atoms with Crippen molar-refractivity contribution in [1.29, 1.82) is 0 Å². The molecule has 0 unspecified atom stereocenters. The minimum Gasteiger partial charge on any atom is -0.480 e. The van der Waals surface area contributed by atoms with Gasteiger partial charge in [0.25, 0.3) is 15.9 Å². The van der Waals surface area contributed by atoms with Gasteiger partial charge in [0.1, 0.15) is 33.3 Å². The number of aliphatic carboxylic acids is 1. The Labute approximate surface area is 204 Å². The number of carboxylic acid groups (broad SMARTS) is 1. The number of nitrogens with zero attached hydrogens (tertiary/aromatic N) is 2. The number of thiophene rings is 1. The van der Waals surface area contributed by atoms with Gasteiger partial charge in [-0.3, -0.25) is 14.8 Å². The maximum Gasteiger partial charge on any atom is 0.326 e. The summed E-state index contributed by atoms with van der Waals surface area (Å²) in [5.74, 6) is -1.90. The van der Waals surface area contributed by atoms with Crippen molar-refractivity contribution in [2.45, 2.75) is 43.9 Å². The first-order valence-corrected chi connectivity index (χ1v) is 13.2. The van der Waals surface area contributed by atoms with E-state index in [-0.39, 0.29) is 27.4 Å². The molecule has 0 saturated carbocycles. The van der Waals surface area contributed by atoms with E-state index in [1.54, 1.807) is 26.0 Å². The normalized spacial score (nSPS) is 12.7. The number of nitrogens with one attached hydrogen (secondary N) is 3. The van der Waals surface area contributed by atoms with Gasteiger partial charge in [-0.25, -0.2) is 13.2 Å². The number of sulfonamides is 1. The molecule has 0 fully saturated rings. The highest BCUT2D eigenvalue weighted by molar-refractivity contribution is 7.93. The molecule has 1 aromatic carbocycles. The van der Waals surface area contributed by atoms with Gasteiger partial charge >= 0.3 is 5.97 Å². The minimum absolute atomic E-state index is 0.0668. The van der Waals surface area contributed by atoms with E-state index in [0.29, 0.717) is 28.9 Å². The van der Waals surface area contributed by atoms with Crippen molar-refractivity contribution in [1.82, 2.24) is 19.4 Å². The summed E-state index contributed by atoms with van der Waals surface area (Å²) >= 11 is 1.98.